The van der Waals surface area contributed by atoms with Gasteiger partial charge in [-0.15, -0.1) is 11.8 Å². The molecule has 0 spiro atoms. The molecule has 2 nitrogen and oxygen atoms in total. The zero-order valence-corrected chi connectivity index (χ0v) is 18.7. The van der Waals surface area contributed by atoms with Gasteiger partial charge in [-0.2, -0.15) is 13.2 Å². The first-order valence-corrected chi connectivity index (χ1v) is 11.6. The van der Waals surface area contributed by atoms with Gasteiger partial charge < -0.3 is 4.74 Å². The Balaban J connectivity index is 1.62. The summed E-state index contributed by atoms with van der Waals surface area (Å²) in [6.07, 6.45) is -4.63. The molecule has 3 aromatic carbocycles. The lowest BCUT2D eigenvalue weighted by atomic mass is 10.0. The molecule has 1 heterocycles. The highest BCUT2D eigenvalue weighted by Crippen LogP contribution is 2.45. The molecule has 6 heteroatoms. The predicted molar refractivity (Wildman–Crippen MR) is 123 cm³/mol. The van der Waals surface area contributed by atoms with E-state index in [1.54, 1.807) is 12.1 Å². The second-order valence-electron chi connectivity index (χ2n) is 7.93. The van der Waals surface area contributed by atoms with Crippen LogP contribution in [0.3, 0.4) is 0 Å². The zero-order chi connectivity index (χ0) is 22.6. The Labute approximate surface area is 191 Å². The van der Waals surface area contributed by atoms with Crippen molar-refractivity contribution in [3.8, 4) is 0 Å². The van der Waals surface area contributed by atoms with Gasteiger partial charge in [-0.05, 0) is 30.2 Å². The van der Waals surface area contributed by atoms with Crippen LogP contribution in [0.2, 0.25) is 0 Å². The summed E-state index contributed by atoms with van der Waals surface area (Å²) in [6.45, 7) is 4.16. The molecule has 32 heavy (non-hydrogen) atoms. The Bertz CT molecular complexity index is 997. The third kappa shape index (κ3) is 5.37. The second-order valence-corrected chi connectivity index (χ2v) is 9.12. The van der Waals surface area contributed by atoms with Crippen LogP contribution in [0, 0.1) is 0 Å². The number of nitrogens with zero attached hydrogens (tertiary/aromatic N) is 1. The summed E-state index contributed by atoms with van der Waals surface area (Å²) in [6, 6.07) is 26.0. The molecule has 168 valence electrons. The number of morpholine rings is 1. The Morgan fingerprint density at radius 2 is 1.47 bits per heavy atom. The fourth-order valence-electron chi connectivity index (χ4n) is 4.12. The number of ether oxygens (including phenoxy) is 1. The van der Waals surface area contributed by atoms with E-state index in [9.17, 15) is 13.2 Å². The molecule has 0 amide bonds. The molecule has 3 atom stereocenters. The van der Waals surface area contributed by atoms with E-state index in [-0.39, 0.29) is 22.3 Å². The molecular weight excluding hydrogens is 431 g/mol. The number of hydrogen-bond donors (Lipinski definition) is 0. The molecule has 0 N–H and O–H groups in total. The number of hydrogen-bond acceptors (Lipinski definition) is 3. The molecule has 0 bridgehead atoms. The zero-order valence-electron chi connectivity index (χ0n) is 17.8. The lowest BCUT2D eigenvalue weighted by Gasteiger charge is -2.40. The van der Waals surface area contributed by atoms with Crippen LogP contribution in [0.5, 0.6) is 0 Å². The molecule has 0 aromatic heterocycles. The van der Waals surface area contributed by atoms with Crippen LogP contribution in [0.1, 0.15) is 34.9 Å². The van der Waals surface area contributed by atoms with Crippen molar-refractivity contribution in [3.63, 3.8) is 0 Å². The van der Waals surface area contributed by atoms with Gasteiger partial charge in [-0.1, -0.05) is 72.8 Å². The summed E-state index contributed by atoms with van der Waals surface area (Å²) in [7, 11) is 0. The maximum atomic E-state index is 13.6. The van der Waals surface area contributed by atoms with E-state index in [1.807, 2.05) is 48.5 Å². The predicted octanol–water partition coefficient (Wildman–Crippen LogP) is 7.00. The van der Waals surface area contributed by atoms with E-state index in [1.165, 1.54) is 23.4 Å². The third-order valence-corrected chi connectivity index (χ3v) is 7.31. The largest absolute Gasteiger partial charge is 0.417 e. The lowest BCUT2D eigenvalue weighted by Crippen LogP contribution is -2.45. The van der Waals surface area contributed by atoms with Gasteiger partial charge in [-0.25, -0.2) is 0 Å². The summed E-state index contributed by atoms with van der Waals surface area (Å²) in [5, 5.41) is -0.259. The molecule has 1 aliphatic rings. The van der Waals surface area contributed by atoms with Gasteiger partial charge in [0.2, 0.25) is 0 Å². The van der Waals surface area contributed by atoms with Gasteiger partial charge >= 0.3 is 6.18 Å². The van der Waals surface area contributed by atoms with Crippen molar-refractivity contribution in [3.05, 3.63) is 102 Å². The van der Waals surface area contributed by atoms with Gasteiger partial charge in [0.25, 0.3) is 0 Å². The van der Waals surface area contributed by atoms with Crippen LogP contribution in [0.15, 0.2) is 89.8 Å². The first kappa shape index (κ1) is 22.9. The minimum absolute atomic E-state index is 0.200. The summed E-state index contributed by atoms with van der Waals surface area (Å²) < 4.78 is 47.1. The number of benzene rings is 3. The maximum Gasteiger partial charge on any atom is 0.417 e. The molecule has 0 radical (unpaired) electrons. The molecule has 4 rings (SSSR count). The van der Waals surface area contributed by atoms with Crippen molar-refractivity contribution in [2.45, 2.75) is 35.4 Å². The Morgan fingerprint density at radius 3 is 2.12 bits per heavy atom. The van der Waals surface area contributed by atoms with Gasteiger partial charge in [0.1, 0.15) is 0 Å². The van der Waals surface area contributed by atoms with Crippen LogP contribution in [0.25, 0.3) is 0 Å². The van der Waals surface area contributed by atoms with E-state index in [0.717, 1.165) is 18.2 Å². The average Bonchev–Trinajstić information content (AvgIpc) is 2.83. The SMILES string of the molecule is C[C@H](c1ccccc1)N1CCO[C@H](C(Sc2ccccc2C(F)(F)F)c2ccccc2)C1. The van der Waals surface area contributed by atoms with Crippen molar-refractivity contribution >= 4 is 11.8 Å². The Kier molecular flexibility index (Phi) is 7.23. The van der Waals surface area contributed by atoms with E-state index in [2.05, 4.69) is 24.0 Å². The normalized spacial score (nSPS) is 19.4. The monoisotopic (exact) mass is 457 g/mol. The highest BCUT2D eigenvalue weighted by Gasteiger charge is 2.37. The summed E-state index contributed by atoms with van der Waals surface area (Å²) in [5.74, 6) is 0. The van der Waals surface area contributed by atoms with Crippen LogP contribution in [-0.4, -0.2) is 30.7 Å². The lowest BCUT2D eigenvalue weighted by molar-refractivity contribution is -0.139. The summed E-state index contributed by atoms with van der Waals surface area (Å²) in [5.41, 5.74) is 1.59. The molecule has 3 aromatic rings. The highest BCUT2D eigenvalue weighted by molar-refractivity contribution is 7.99. The van der Waals surface area contributed by atoms with Crippen LogP contribution in [0.4, 0.5) is 13.2 Å². The van der Waals surface area contributed by atoms with E-state index in [4.69, 9.17) is 4.74 Å². The molecule has 1 unspecified atom stereocenters. The number of rotatable bonds is 6. The van der Waals surface area contributed by atoms with Crippen LogP contribution in [-0.2, 0) is 10.9 Å². The Morgan fingerprint density at radius 1 is 0.875 bits per heavy atom. The van der Waals surface area contributed by atoms with Crippen molar-refractivity contribution in [2.75, 3.05) is 19.7 Å². The van der Waals surface area contributed by atoms with E-state index in [0.29, 0.717) is 13.2 Å². The van der Waals surface area contributed by atoms with Crippen molar-refractivity contribution in [2.24, 2.45) is 0 Å². The van der Waals surface area contributed by atoms with Crippen LogP contribution >= 0.6 is 11.8 Å². The molecule has 1 aliphatic heterocycles. The summed E-state index contributed by atoms with van der Waals surface area (Å²) in [4.78, 5) is 2.58. The van der Waals surface area contributed by atoms with Crippen molar-refractivity contribution in [1.82, 2.24) is 4.90 Å². The van der Waals surface area contributed by atoms with Crippen molar-refractivity contribution in [1.29, 1.82) is 0 Å². The number of halogens is 3. The molecule has 1 saturated heterocycles. The average molecular weight is 458 g/mol. The van der Waals surface area contributed by atoms with Gasteiger partial charge in [0.15, 0.2) is 0 Å². The number of thioether (sulfide) groups is 1. The Hall–Kier alpha value is -2.28. The molecule has 0 saturated carbocycles. The maximum absolute atomic E-state index is 13.6. The standard InChI is InChI=1S/C26H26F3NOS/c1-19(20-10-4-2-5-11-20)30-16-17-31-23(18-30)25(21-12-6-3-7-13-21)32-24-15-9-8-14-22(24)26(27,28)29/h2-15,19,23,25H,16-18H2,1H3/t19-,23+,25?/m1/s1. The van der Waals surface area contributed by atoms with E-state index >= 15 is 0 Å². The first-order chi connectivity index (χ1) is 15.4. The van der Waals surface area contributed by atoms with E-state index < -0.39 is 11.7 Å². The molecule has 1 fully saturated rings. The quantitative estimate of drug-likeness (QED) is 0.370. The topological polar surface area (TPSA) is 12.5 Å². The van der Waals surface area contributed by atoms with Gasteiger partial charge in [0.05, 0.1) is 23.5 Å². The smallest absolute Gasteiger partial charge is 0.374 e. The minimum Gasteiger partial charge on any atom is -0.374 e. The first-order valence-electron chi connectivity index (χ1n) is 10.7. The fraction of sp³-hybridized carbons (Fsp3) is 0.308. The fourth-order valence-corrected chi connectivity index (χ4v) is 5.47. The summed E-state index contributed by atoms with van der Waals surface area (Å²) >= 11 is 1.24. The molecular formula is C26H26F3NOS. The highest BCUT2D eigenvalue weighted by atomic mass is 32.2. The van der Waals surface area contributed by atoms with Gasteiger partial charge in [-0.3, -0.25) is 4.90 Å². The second kappa shape index (κ2) is 10.1. The minimum atomic E-state index is -4.40. The third-order valence-electron chi connectivity index (χ3n) is 5.87. The van der Waals surface area contributed by atoms with Gasteiger partial charge in [0, 0.05) is 24.0 Å². The molecule has 0 aliphatic carbocycles. The van der Waals surface area contributed by atoms with Crippen molar-refractivity contribution < 1.29 is 17.9 Å². The van der Waals surface area contributed by atoms with Crippen LogP contribution < -0.4 is 0 Å². The number of alkyl halides is 3.